The van der Waals surface area contributed by atoms with Gasteiger partial charge in [0, 0.05) is 16.1 Å². The molecule has 4 aromatic rings. The monoisotopic (exact) mass is 562 g/mol. The molecule has 0 saturated carbocycles. The maximum absolute atomic E-state index is 13.9. The predicted molar refractivity (Wildman–Crippen MR) is 137 cm³/mol. The fourth-order valence-electron chi connectivity index (χ4n) is 3.54. The number of halogens is 4. The second kappa shape index (κ2) is 10.0. The average molecular weight is 563 g/mol. The summed E-state index contributed by atoms with van der Waals surface area (Å²) in [4.78, 5) is 4.31. The van der Waals surface area contributed by atoms with Crippen LogP contribution < -0.4 is 4.72 Å². The number of aryl methyl sites for hydroxylation is 1. The molecule has 4 rings (SSSR count). The highest BCUT2D eigenvalue weighted by Gasteiger charge is 2.35. The Bertz CT molecular complexity index is 1700. The Kier molecular flexibility index (Phi) is 7.29. The summed E-state index contributed by atoms with van der Waals surface area (Å²) in [5.74, 6) is 5.54. The highest BCUT2D eigenvalue weighted by molar-refractivity contribution is 7.89. The molecule has 0 atom stereocenters. The molecule has 7 nitrogen and oxygen atoms in total. The highest BCUT2D eigenvalue weighted by atomic mass is 35.5. The van der Waals surface area contributed by atoms with Crippen molar-refractivity contribution in [2.75, 3.05) is 6.61 Å². The zero-order valence-corrected chi connectivity index (χ0v) is 22.0. The van der Waals surface area contributed by atoms with E-state index in [-0.39, 0.29) is 21.8 Å². The minimum absolute atomic E-state index is 0.0683. The van der Waals surface area contributed by atoms with Crippen LogP contribution in [0.3, 0.4) is 0 Å². The van der Waals surface area contributed by atoms with Gasteiger partial charge in [0.15, 0.2) is 11.3 Å². The number of aromatic nitrogens is 3. The third kappa shape index (κ3) is 5.84. The van der Waals surface area contributed by atoms with Gasteiger partial charge >= 0.3 is 6.18 Å². The lowest BCUT2D eigenvalue weighted by Gasteiger charge is -2.23. The number of nitrogens with zero attached hydrogens (tertiary/aromatic N) is 3. The molecule has 2 aromatic carbocycles. The smallest absolute Gasteiger partial charge is 0.394 e. The van der Waals surface area contributed by atoms with Crippen LogP contribution in [0.15, 0.2) is 59.6 Å². The first-order chi connectivity index (χ1) is 17.7. The topological polar surface area (TPSA) is 96.6 Å². The van der Waals surface area contributed by atoms with E-state index in [1.807, 2.05) is 0 Å². The van der Waals surface area contributed by atoms with Crippen LogP contribution in [0.25, 0.3) is 16.9 Å². The molecule has 0 amide bonds. The third-order valence-corrected chi connectivity index (χ3v) is 7.63. The standard InChI is InChI=1S/C26H22ClF3N4O3S/c1-16-11-18(9-10-21(16)27)22-13-23(26(28,29)30)34-24(32-22)19(14-31-34)8-7-17-5-4-6-20(12-17)38(36,37)33-25(2,3)15-35/h4-6,9-14,33,35H,15H2,1-3H3. The Labute approximate surface area is 222 Å². The number of aliphatic hydroxyl groups is 1. The number of aliphatic hydroxyl groups excluding tert-OH is 1. The minimum atomic E-state index is -4.72. The van der Waals surface area contributed by atoms with Gasteiger partial charge < -0.3 is 5.11 Å². The van der Waals surface area contributed by atoms with Crippen molar-refractivity contribution in [2.24, 2.45) is 0 Å². The van der Waals surface area contributed by atoms with Gasteiger partial charge in [-0.2, -0.15) is 18.3 Å². The van der Waals surface area contributed by atoms with Crippen LogP contribution >= 0.6 is 11.6 Å². The van der Waals surface area contributed by atoms with Crippen molar-refractivity contribution in [3.05, 3.63) is 82.1 Å². The molecule has 0 bridgehead atoms. The van der Waals surface area contributed by atoms with Crippen molar-refractivity contribution in [2.45, 2.75) is 37.4 Å². The van der Waals surface area contributed by atoms with Crippen molar-refractivity contribution in [3.8, 4) is 23.1 Å². The molecule has 38 heavy (non-hydrogen) atoms. The lowest BCUT2D eigenvalue weighted by molar-refractivity contribution is -0.142. The normalized spacial score (nSPS) is 12.4. The Hall–Kier alpha value is -3.43. The summed E-state index contributed by atoms with van der Waals surface area (Å²) in [5, 5.41) is 13.7. The molecule has 0 fully saturated rings. The third-order valence-electron chi connectivity index (χ3n) is 5.51. The molecular weight excluding hydrogens is 541 g/mol. The molecule has 2 N–H and O–H groups in total. The predicted octanol–water partition coefficient (Wildman–Crippen LogP) is 4.83. The van der Waals surface area contributed by atoms with Gasteiger partial charge in [-0.1, -0.05) is 35.6 Å². The summed E-state index contributed by atoms with van der Waals surface area (Å²) in [6.07, 6.45) is -3.54. The van der Waals surface area contributed by atoms with Gasteiger partial charge in [0.05, 0.1) is 34.5 Å². The zero-order chi connectivity index (χ0) is 27.9. The van der Waals surface area contributed by atoms with E-state index in [2.05, 4.69) is 26.6 Å². The summed E-state index contributed by atoms with van der Waals surface area (Å²) in [6, 6.07) is 11.5. The minimum Gasteiger partial charge on any atom is -0.394 e. The van der Waals surface area contributed by atoms with E-state index in [1.165, 1.54) is 38.2 Å². The molecule has 2 heterocycles. The van der Waals surface area contributed by atoms with Crippen molar-refractivity contribution in [1.82, 2.24) is 19.3 Å². The van der Waals surface area contributed by atoms with E-state index < -0.39 is 34.0 Å². The van der Waals surface area contributed by atoms with E-state index in [0.717, 1.165) is 6.07 Å². The molecule has 0 aliphatic rings. The number of hydrogen-bond acceptors (Lipinski definition) is 5. The Morgan fingerprint density at radius 1 is 1.11 bits per heavy atom. The van der Waals surface area contributed by atoms with Gasteiger partial charge in [0.2, 0.25) is 10.0 Å². The van der Waals surface area contributed by atoms with Crippen LogP contribution in [0.1, 0.15) is 36.2 Å². The van der Waals surface area contributed by atoms with Gasteiger partial charge in [0.25, 0.3) is 0 Å². The van der Waals surface area contributed by atoms with Crippen LogP contribution in [0.5, 0.6) is 0 Å². The lowest BCUT2D eigenvalue weighted by Crippen LogP contribution is -2.46. The lowest BCUT2D eigenvalue weighted by atomic mass is 10.1. The average Bonchev–Trinajstić information content (AvgIpc) is 3.25. The number of rotatable bonds is 5. The number of alkyl halides is 3. The molecule has 0 radical (unpaired) electrons. The molecule has 0 aliphatic carbocycles. The first-order valence-corrected chi connectivity index (χ1v) is 13.1. The molecule has 198 valence electrons. The Balaban J connectivity index is 1.79. The number of sulfonamides is 1. The van der Waals surface area contributed by atoms with E-state index in [4.69, 9.17) is 11.6 Å². The first kappa shape index (κ1) is 27.6. The maximum atomic E-state index is 13.9. The van der Waals surface area contributed by atoms with Crippen LogP contribution in [0.4, 0.5) is 13.2 Å². The van der Waals surface area contributed by atoms with Gasteiger partial charge in [-0.25, -0.2) is 22.6 Å². The van der Waals surface area contributed by atoms with Crippen molar-refractivity contribution >= 4 is 27.3 Å². The van der Waals surface area contributed by atoms with E-state index in [0.29, 0.717) is 26.2 Å². The van der Waals surface area contributed by atoms with Gasteiger partial charge in [-0.3, -0.25) is 0 Å². The van der Waals surface area contributed by atoms with E-state index in [9.17, 15) is 26.7 Å². The number of hydrogen-bond donors (Lipinski definition) is 2. The van der Waals surface area contributed by atoms with Crippen LogP contribution in [0.2, 0.25) is 5.02 Å². The number of nitrogens with one attached hydrogen (secondary N) is 1. The summed E-state index contributed by atoms with van der Waals surface area (Å²) < 4.78 is 70.2. The van der Waals surface area contributed by atoms with Crippen molar-refractivity contribution in [1.29, 1.82) is 0 Å². The molecule has 0 unspecified atom stereocenters. The SMILES string of the molecule is Cc1cc(-c2cc(C(F)(F)F)n3ncc(C#Cc4cccc(S(=O)(=O)NC(C)(C)CO)c4)c3n2)ccc1Cl. The summed E-state index contributed by atoms with van der Waals surface area (Å²) >= 11 is 6.07. The highest BCUT2D eigenvalue weighted by Crippen LogP contribution is 2.33. The van der Waals surface area contributed by atoms with Crippen LogP contribution in [-0.2, 0) is 16.2 Å². The van der Waals surface area contributed by atoms with Crippen LogP contribution in [-0.4, -0.2) is 40.3 Å². The van der Waals surface area contributed by atoms with Crippen molar-refractivity contribution in [3.63, 3.8) is 0 Å². The quantitative estimate of drug-likeness (QED) is 0.340. The molecule has 12 heteroatoms. The molecule has 0 aliphatic heterocycles. The second-order valence-corrected chi connectivity index (χ2v) is 11.3. The maximum Gasteiger partial charge on any atom is 0.433 e. The summed E-state index contributed by atoms with van der Waals surface area (Å²) in [7, 11) is -3.97. The summed E-state index contributed by atoms with van der Waals surface area (Å²) in [6.45, 7) is 4.38. The van der Waals surface area contributed by atoms with Crippen LogP contribution in [0, 0.1) is 18.8 Å². The number of fused-ring (bicyclic) bond motifs is 1. The summed E-state index contributed by atoms with van der Waals surface area (Å²) in [5.41, 5.74) is -0.603. The van der Waals surface area contributed by atoms with Gasteiger partial charge in [0.1, 0.15) is 0 Å². The fraction of sp³-hybridized carbons (Fsp3) is 0.231. The Morgan fingerprint density at radius 2 is 1.84 bits per heavy atom. The molecule has 2 aromatic heterocycles. The van der Waals surface area contributed by atoms with Gasteiger partial charge in [-0.05, 0) is 62.7 Å². The first-order valence-electron chi connectivity index (χ1n) is 11.2. The largest absolute Gasteiger partial charge is 0.433 e. The second-order valence-electron chi connectivity index (χ2n) is 9.21. The van der Waals surface area contributed by atoms with E-state index in [1.54, 1.807) is 31.2 Å². The Morgan fingerprint density at radius 3 is 2.50 bits per heavy atom. The van der Waals surface area contributed by atoms with Gasteiger partial charge in [-0.15, -0.1) is 0 Å². The fourth-order valence-corrected chi connectivity index (χ4v) is 5.11. The van der Waals surface area contributed by atoms with E-state index >= 15 is 0 Å². The zero-order valence-electron chi connectivity index (χ0n) is 20.4. The molecule has 0 spiro atoms. The molecular formula is C26H22ClF3N4O3S. The molecule has 0 saturated heterocycles. The van der Waals surface area contributed by atoms with Crippen molar-refractivity contribution < 1.29 is 26.7 Å². The number of benzene rings is 2.